The summed E-state index contributed by atoms with van der Waals surface area (Å²) in [6, 6.07) is 12.7. The van der Waals surface area contributed by atoms with Crippen LogP contribution in [0.3, 0.4) is 0 Å². The molecule has 0 aliphatic rings. The van der Waals surface area contributed by atoms with E-state index in [0.29, 0.717) is 18.7 Å². The molecule has 0 saturated carbocycles. The van der Waals surface area contributed by atoms with Gasteiger partial charge in [0.05, 0.1) is 6.54 Å². The maximum absolute atomic E-state index is 12.2. The summed E-state index contributed by atoms with van der Waals surface area (Å²) in [5.41, 5.74) is 2.26. The zero-order valence-corrected chi connectivity index (χ0v) is 13.3. The third-order valence-corrected chi connectivity index (χ3v) is 3.82. The molecule has 0 atom stereocenters. The number of amides is 1. The van der Waals surface area contributed by atoms with E-state index < -0.39 is 0 Å². The summed E-state index contributed by atoms with van der Waals surface area (Å²) in [7, 11) is 1.65. The van der Waals surface area contributed by atoms with E-state index >= 15 is 0 Å². The average molecular weight is 322 g/mol. The largest absolute Gasteiger partial charge is 0.348 e. The van der Waals surface area contributed by atoms with Crippen LogP contribution in [0.25, 0.3) is 0 Å². The second-order valence-corrected chi connectivity index (χ2v) is 5.52. The maximum atomic E-state index is 12.2. The summed E-state index contributed by atoms with van der Waals surface area (Å²) >= 11 is 0. The fourth-order valence-corrected chi connectivity index (χ4v) is 2.42. The Hall–Kier alpha value is -3.15. The van der Waals surface area contributed by atoms with Crippen molar-refractivity contribution in [1.29, 1.82) is 0 Å². The lowest BCUT2D eigenvalue weighted by molar-refractivity contribution is 0.0950. The van der Waals surface area contributed by atoms with Crippen LogP contribution in [0.1, 0.15) is 21.5 Å². The lowest BCUT2D eigenvalue weighted by Crippen LogP contribution is -2.26. The van der Waals surface area contributed by atoms with Crippen LogP contribution in [0.4, 0.5) is 0 Å². The van der Waals surface area contributed by atoms with Gasteiger partial charge in [0.15, 0.2) is 0 Å². The molecule has 0 bridgehead atoms. The Morgan fingerprint density at radius 1 is 1.12 bits per heavy atom. The summed E-state index contributed by atoms with van der Waals surface area (Å²) in [6.45, 7) is 1.04. The molecule has 0 aliphatic heterocycles. The molecule has 0 aliphatic carbocycles. The van der Waals surface area contributed by atoms with Gasteiger partial charge in [-0.2, -0.15) is 5.10 Å². The van der Waals surface area contributed by atoms with Gasteiger partial charge in [0.25, 0.3) is 11.5 Å². The van der Waals surface area contributed by atoms with Crippen molar-refractivity contribution in [2.75, 3.05) is 0 Å². The summed E-state index contributed by atoms with van der Waals surface area (Å²) in [4.78, 5) is 23.9. The predicted molar refractivity (Wildman–Crippen MR) is 90.6 cm³/mol. The van der Waals surface area contributed by atoms with E-state index in [1.54, 1.807) is 25.5 Å². The highest BCUT2D eigenvalue weighted by Gasteiger charge is 2.08. The van der Waals surface area contributed by atoms with Gasteiger partial charge in [-0.25, -0.2) is 0 Å². The molecule has 3 rings (SSSR count). The van der Waals surface area contributed by atoms with Crippen molar-refractivity contribution >= 4 is 5.91 Å². The average Bonchev–Trinajstić information content (AvgIpc) is 3.09. The fraction of sp³-hybridized carbons (Fsp3) is 0.167. The topological polar surface area (TPSA) is 68.9 Å². The Morgan fingerprint density at radius 3 is 2.62 bits per heavy atom. The number of benzene rings is 1. The highest BCUT2D eigenvalue weighted by molar-refractivity contribution is 5.93. The zero-order valence-electron chi connectivity index (χ0n) is 13.3. The monoisotopic (exact) mass is 322 g/mol. The van der Waals surface area contributed by atoms with Gasteiger partial charge in [0.2, 0.25) is 0 Å². The first kappa shape index (κ1) is 15.7. The van der Waals surface area contributed by atoms with Gasteiger partial charge in [-0.05, 0) is 23.3 Å². The lowest BCUT2D eigenvalue weighted by Gasteiger charge is -2.11. The smallest absolute Gasteiger partial charge is 0.251 e. The van der Waals surface area contributed by atoms with Crippen molar-refractivity contribution < 1.29 is 4.79 Å². The third kappa shape index (κ3) is 3.60. The summed E-state index contributed by atoms with van der Waals surface area (Å²) in [5, 5.41) is 7.07. The number of rotatable bonds is 5. The van der Waals surface area contributed by atoms with Gasteiger partial charge in [-0.3, -0.25) is 14.3 Å². The Morgan fingerprint density at radius 2 is 1.92 bits per heavy atom. The van der Waals surface area contributed by atoms with Crippen LogP contribution in [0.2, 0.25) is 0 Å². The van der Waals surface area contributed by atoms with Gasteiger partial charge in [-0.15, -0.1) is 0 Å². The molecule has 2 aromatic heterocycles. The van der Waals surface area contributed by atoms with Crippen LogP contribution in [0, 0.1) is 0 Å². The van der Waals surface area contributed by atoms with Crippen LogP contribution in [-0.4, -0.2) is 20.3 Å². The van der Waals surface area contributed by atoms with Crippen LogP contribution in [0.5, 0.6) is 0 Å². The van der Waals surface area contributed by atoms with Gasteiger partial charge in [-0.1, -0.05) is 24.3 Å². The zero-order chi connectivity index (χ0) is 16.9. The normalized spacial score (nSPS) is 10.5. The van der Waals surface area contributed by atoms with Crippen molar-refractivity contribution in [1.82, 2.24) is 19.7 Å². The van der Waals surface area contributed by atoms with Crippen LogP contribution < -0.4 is 10.9 Å². The summed E-state index contributed by atoms with van der Waals surface area (Å²) < 4.78 is 3.26. The van der Waals surface area contributed by atoms with Gasteiger partial charge in [0.1, 0.15) is 0 Å². The van der Waals surface area contributed by atoms with Gasteiger partial charge in [0, 0.05) is 43.8 Å². The van der Waals surface area contributed by atoms with E-state index in [-0.39, 0.29) is 11.5 Å². The Bertz CT molecular complexity index is 897. The molecule has 122 valence electrons. The van der Waals surface area contributed by atoms with E-state index in [9.17, 15) is 9.59 Å². The van der Waals surface area contributed by atoms with Crippen LogP contribution in [0.15, 0.2) is 65.8 Å². The van der Waals surface area contributed by atoms with Crippen LogP contribution in [-0.2, 0) is 20.1 Å². The maximum Gasteiger partial charge on any atom is 0.251 e. The summed E-state index contributed by atoms with van der Waals surface area (Å²) in [5.74, 6) is -0.262. The minimum absolute atomic E-state index is 0.207. The number of hydrogen-bond donors (Lipinski definition) is 1. The first-order chi connectivity index (χ1) is 11.6. The number of nitrogens with one attached hydrogen (secondary N) is 1. The van der Waals surface area contributed by atoms with Crippen molar-refractivity contribution in [2.24, 2.45) is 7.05 Å². The molecule has 0 spiro atoms. The quantitative estimate of drug-likeness (QED) is 0.775. The minimum Gasteiger partial charge on any atom is -0.348 e. The molecule has 2 heterocycles. The van der Waals surface area contributed by atoms with Crippen molar-refractivity contribution in [3.8, 4) is 0 Å². The number of nitrogens with zero attached hydrogens (tertiary/aromatic N) is 3. The molecule has 6 nitrogen and oxygen atoms in total. The SMILES string of the molecule is Cn1ccc(C(=O)NCc2ccccc2Cn2cccn2)cc1=O. The van der Waals surface area contributed by atoms with Crippen molar-refractivity contribution in [2.45, 2.75) is 13.1 Å². The van der Waals surface area contributed by atoms with Crippen LogP contribution >= 0.6 is 0 Å². The molecular weight excluding hydrogens is 304 g/mol. The fourth-order valence-electron chi connectivity index (χ4n) is 2.42. The molecule has 6 heteroatoms. The van der Waals surface area contributed by atoms with Crippen molar-refractivity contribution in [3.63, 3.8) is 0 Å². The number of carbonyl (C=O) groups is 1. The van der Waals surface area contributed by atoms with Crippen molar-refractivity contribution in [3.05, 3.63) is 88.1 Å². The molecule has 3 aromatic rings. The molecule has 0 unspecified atom stereocenters. The van der Waals surface area contributed by atoms with E-state index in [4.69, 9.17) is 0 Å². The van der Waals surface area contributed by atoms with Gasteiger partial charge < -0.3 is 9.88 Å². The highest BCUT2D eigenvalue weighted by Crippen LogP contribution is 2.10. The third-order valence-electron chi connectivity index (χ3n) is 3.82. The molecule has 1 amide bonds. The lowest BCUT2D eigenvalue weighted by atomic mass is 10.1. The van der Waals surface area contributed by atoms with E-state index in [1.165, 1.54) is 10.6 Å². The highest BCUT2D eigenvalue weighted by atomic mass is 16.2. The molecule has 0 radical (unpaired) electrons. The molecular formula is C18H18N4O2. The second-order valence-electron chi connectivity index (χ2n) is 5.52. The van der Waals surface area contributed by atoms with E-state index in [0.717, 1.165) is 11.1 Å². The Balaban J connectivity index is 1.71. The van der Waals surface area contributed by atoms with Gasteiger partial charge >= 0.3 is 0 Å². The predicted octanol–water partition coefficient (Wildman–Crippen LogP) is 1.56. The molecule has 0 saturated heterocycles. The molecule has 0 fully saturated rings. The number of aryl methyl sites for hydroxylation is 1. The minimum atomic E-state index is -0.262. The molecule has 1 N–H and O–H groups in total. The molecule has 1 aromatic carbocycles. The van der Waals surface area contributed by atoms with E-state index in [2.05, 4.69) is 10.4 Å². The Labute approximate surface area is 139 Å². The second kappa shape index (κ2) is 6.95. The summed E-state index contributed by atoms with van der Waals surface area (Å²) in [6.07, 6.45) is 5.22. The molecule has 24 heavy (non-hydrogen) atoms. The standard InChI is InChI=1S/C18H18N4O2/c1-21-10-7-14(11-17(21)23)18(24)19-12-15-5-2-3-6-16(15)13-22-9-4-8-20-22/h2-11H,12-13H2,1H3,(H,19,24). The number of aromatic nitrogens is 3. The first-order valence-electron chi connectivity index (χ1n) is 7.62. The van der Waals surface area contributed by atoms with E-state index in [1.807, 2.05) is 41.2 Å². The first-order valence-corrected chi connectivity index (χ1v) is 7.62. The number of pyridine rings is 1. The number of hydrogen-bond acceptors (Lipinski definition) is 3. The number of carbonyl (C=O) groups excluding carboxylic acids is 1. The Kier molecular flexibility index (Phi) is 4.56.